The van der Waals surface area contributed by atoms with Crippen molar-refractivity contribution in [2.45, 2.75) is 6.61 Å². The summed E-state index contributed by atoms with van der Waals surface area (Å²) < 4.78 is 6.59. The Hall–Kier alpha value is -2.02. The summed E-state index contributed by atoms with van der Waals surface area (Å²) in [6.07, 6.45) is 1.62. The molecule has 0 radical (unpaired) electrons. The van der Waals surface area contributed by atoms with Crippen molar-refractivity contribution in [3.05, 3.63) is 18.1 Å². The van der Waals surface area contributed by atoms with Crippen LogP contribution in [0.5, 0.6) is 0 Å². The molecule has 0 bridgehead atoms. The van der Waals surface area contributed by atoms with Crippen LogP contribution in [0.2, 0.25) is 0 Å². The van der Waals surface area contributed by atoms with Gasteiger partial charge in [0.05, 0.1) is 11.9 Å². The maximum Gasteiger partial charge on any atom is 0.157 e. The summed E-state index contributed by atoms with van der Waals surface area (Å²) in [5.74, 6) is 0.942. The smallest absolute Gasteiger partial charge is 0.157 e. The minimum atomic E-state index is 0.323. The van der Waals surface area contributed by atoms with Crippen LogP contribution in [0.25, 0.3) is 11.4 Å². The molecule has 16 heavy (non-hydrogen) atoms. The number of aryl methyl sites for hydroxylation is 1. The van der Waals surface area contributed by atoms with Gasteiger partial charge in [0.15, 0.2) is 5.82 Å². The zero-order valence-corrected chi connectivity index (χ0v) is 9.08. The first-order valence-electron chi connectivity index (χ1n) is 4.68. The van der Waals surface area contributed by atoms with E-state index in [0.29, 0.717) is 23.9 Å². The van der Waals surface area contributed by atoms with Crippen molar-refractivity contribution in [2.75, 3.05) is 12.8 Å². The number of methoxy groups -OCH3 is 1. The van der Waals surface area contributed by atoms with Gasteiger partial charge in [0.1, 0.15) is 18.1 Å². The molecule has 0 aromatic carbocycles. The van der Waals surface area contributed by atoms with Crippen molar-refractivity contribution in [3.8, 4) is 11.4 Å². The summed E-state index contributed by atoms with van der Waals surface area (Å²) in [5.41, 5.74) is 7.16. The highest BCUT2D eigenvalue weighted by molar-refractivity contribution is 5.56. The fourth-order valence-corrected chi connectivity index (χ4v) is 1.36. The van der Waals surface area contributed by atoms with Gasteiger partial charge in [0, 0.05) is 20.2 Å². The van der Waals surface area contributed by atoms with Crippen LogP contribution < -0.4 is 5.73 Å². The first kappa shape index (κ1) is 10.5. The van der Waals surface area contributed by atoms with Crippen molar-refractivity contribution in [2.24, 2.45) is 7.05 Å². The van der Waals surface area contributed by atoms with Gasteiger partial charge in [0.2, 0.25) is 0 Å². The minimum Gasteiger partial charge on any atom is -0.384 e. The van der Waals surface area contributed by atoms with Crippen LogP contribution in [0.3, 0.4) is 0 Å². The van der Waals surface area contributed by atoms with E-state index in [4.69, 9.17) is 10.5 Å². The zero-order valence-electron chi connectivity index (χ0n) is 9.08. The van der Waals surface area contributed by atoms with Crippen molar-refractivity contribution < 1.29 is 4.74 Å². The van der Waals surface area contributed by atoms with Gasteiger partial charge in [-0.2, -0.15) is 0 Å². The van der Waals surface area contributed by atoms with Crippen LogP contribution in [0, 0.1) is 0 Å². The maximum absolute atomic E-state index is 5.69. The zero-order chi connectivity index (χ0) is 11.5. The second-order valence-corrected chi connectivity index (χ2v) is 3.27. The maximum atomic E-state index is 5.69. The summed E-state index contributed by atoms with van der Waals surface area (Å²) in [6, 6.07) is 1.68. The number of nitrogens with zero attached hydrogens (tertiary/aromatic N) is 5. The third kappa shape index (κ3) is 1.98. The standard InChI is InChI=1S/C9H12N6O/c1-15-7(4-11-14-15)6-3-8(10)13-9(12-6)5-16-2/h3-4H,5H2,1-2H3,(H2,10,12,13). The Morgan fingerprint density at radius 1 is 1.44 bits per heavy atom. The third-order valence-corrected chi connectivity index (χ3v) is 2.04. The predicted molar refractivity (Wildman–Crippen MR) is 57.2 cm³/mol. The Labute approximate surface area is 92.3 Å². The SMILES string of the molecule is COCc1nc(N)cc(-c2cnnn2C)n1. The highest BCUT2D eigenvalue weighted by Gasteiger charge is 2.08. The highest BCUT2D eigenvalue weighted by Crippen LogP contribution is 2.16. The molecule has 2 rings (SSSR count). The molecule has 0 aliphatic rings. The number of ether oxygens (including phenoxy) is 1. The van der Waals surface area contributed by atoms with Gasteiger partial charge in [-0.15, -0.1) is 5.10 Å². The lowest BCUT2D eigenvalue weighted by atomic mass is 10.3. The molecule has 84 valence electrons. The number of hydrogen-bond donors (Lipinski definition) is 1. The molecule has 2 aromatic rings. The predicted octanol–water partition coefficient (Wildman–Crippen LogP) is 0.000700. The van der Waals surface area contributed by atoms with E-state index in [1.165, 1.54) is 0 Å². The van der Waals surface area contributed by atoms with Gasteiger partial charge < -0.3 is 10.5 Å². The first-order chi connectivity index (χ1) is 7.70. The normalized spacial score (nSPS) is 10.6. The molecule has 0 amide bonds. The van der Waals surface area contributed by atoms with Gasteiger partial charge in [-0.3, -0.25) is 0 Å². The van der Waals surface area contributed by atoms with E-state index in [0.717, 1.165) is 5.69 Å². The quantitative estimate of drug-likeness (QED) is 0.782. The molecular weight excluding hydrogens is 208 g/mol. The van der Waals surface area contributed by atoms with Crippen LogP contribution in [0.15, 0.2) is 12.3 Å². The average molecular weight is 220 g/mol. The highest BCUT2D eigenvalue weighted by atomic mass is 16.5. The van der Waals surface area contributed by atoms with Crippen molar-refractivity contribution in [1.82, 2.24) is 25.0 Å². The van der Waals surface area contributed by atoms with Gasteiger partial charge in [0.25, 0.3) is 0 Å². The van der Waals surface area contributed by atoms with Crippen molar-refractivity contribution >= 4 is 5.82 Å². The topological polar surface area (TPSA) is 91.7 Å². The molecule has 0 saturated heterocycles. The molecule has 0 aliphatic carbocycles. The van der Waals surface area contributed by atoms with Crippen LogP contribution >= 0.6 is 0 Å². The van der Waals surface area contributed by atoms with E-state index in [2.05, 4.69) is 20.3 Å². The van der Waals surface area contributed by atoms with Crippen LogP contribution in [-0.2, 0) is 18.4 Å². The van der Waals surface area contributed by atoms with Crippen LogP contribution in [-0.4, -0.2) is 32.1 Å². The van der Waals surface area contributed by atoms with E-state index < -0.39 is 0 Å². The number of anilines is 1. The summed E-state index contributed by atoms with van der Waals surface area (Å²) >= 11 is 0. The molecule has 0 spiro atoms. The molecule has 2 heterocycles. The summed E-state index contributed by atoms with van der Waals surface area (Å²) in [7, 11) is 3.37. The number of nitrogens with two attached hydrogens (primary N) is 1. The summed E-state index contributed by atoms with van der Waals surface area (Å²) in [6.45, 7) is 0.323. The summed E-state index contributed by atoms with van der Waals surface area (Å²) in [5, 5.41) is 7.62. The molecule has 2 N–H and O–H groups in total. The fraction of sp³-hybridized carbons (Fsp3) is 0.333. The molecule has 2 aromatic heterocycles. The lowest BCUT2D eigenvalue weighted by Gasteiger charge is -2.04. The van der Waals surface area contributed by atoms with Crippen LogP contribution in [0.1, 0.15) is 5.82 Å². The van der Waals surface area contributed by atoms with Gasteiger partial charge in [-0.25, -0.2) is 14.6 Å². The monoisotopic (exact) mass is 220 g/mol. The average Bonchev–Trinajstić information content (AvgIpc) is 2.64. The third-order valence-electron chi connectivity index (χ3n) is 2.04. The van der Waals surface area contributed by atoms with E-state index in [9.17, 15) is 0 Å². The molecule has 0 aliphatic heterocycles. The Kier molecular flexibility index (Phi) is 2.78. The Balaban J connectivity index is 2.45. The molecule has 7 heteroatoms. The molecule has 0 fully saturated rings. The lowest BCUT2D eigenvalue weighted by Crippen LogP contribution is -2.04. The Morgan fingerprint density at radius 2 is 2.25 bits per heavy atom. The number of hydrogen-bond acceptors (Lipinski definition) is 6. The van der Waals surface area contributed by atoms with Crippen LogP contribution in [0.4, 0.5) is 5.82 Å². The first-order valence-corrected chi connectivity index (χ1v) is 4.68. The Bertz CT molecular complexity index is 494. The molecule has 7 nitrogen and oxygen atoms in total. The summed E-state index contributed by atoms with van der Waals surface area (Å²) in [4.78, 5) is 8.36. The molecule has 0 saturated carbocycles. The largest absolute Gasteiger partial charge is 0.384 e. The van der Waals surface area contributed by atoms with Gasteiger partial charge in [-0.05, 0) is 0 Å². The second-order valence-electron chi connectivity index (χ2n) is 3.27. The van der Waals surface area contributed by atoms with Crippen molar-refractivity contribution in [3.63, 3.8) is 0 Å². The lowest BCUT2D eigenvalue weighted by molar-refractivity contribution is 0.178. The van der Waals surface area contributed by atoms with E-state index >= 15 is 0 Å². The van der Waals surface area contributed by atoms with Gasteiger partial charge in [-0.1, -0.05) is 5.21 Å². The number of rotatable bonds is 3. The van der Waals surface area contributed by atoms with Crippen molar-refractivity contribution in [1.29, 1.82) is 0 Å². The molecular formula is C9H12N6O. The Morgan fingerprint density at radius 3 is 2.88 bits per heavy atom. The molecule has 0 unspecified atom stereocenters. The second kappa shape index (κ2) is 4.23. The van der Waals surface area contributed by atoms with E-state index in [-0.39, 0.29) is 0 Å². The number of aromatic nitrogens is 5. The van der Waals surface area contributed by atoms with E-state index in [1.54, 1.807) is 31.1 Å². The number of nitrogen functional groups attached to an aromatic ring is 1. The molecule has 0 atom stereocenters. The minimum absolute atomic E-state index is 0.323. The van der Waals surface area contributed by atoms with Gasteiger partial charge >= 0.3 is 0 Å². The fourth-order valence-electron chi connectivity index (χ4n) is 1.36. The van der Waals surface area contributed by atoms with E-state index in [1.807, 2.05) is 0 Å².